The van der Waals surface area contributed by atoms with Crippen molar-refractivity contribution in [3.8, 4) is 0 Å². The van der Waals surface area contributed by atoms with Crippen LogP contribution in [0.2, 0.25) is 0 Å². The molecular weight excluding hydrogens is 246 g/mol. The summed E-state index contributed by atoms with van der Waals surface area (Å²) in [6, 6.07) is 0. The Morgan fingerprint density at radius 2 is 1.61 bits per heavy atom. The second-order valence-electron chi connectivity index (χ2n) is 4.42. The Kier molecular flexibility index (Phi) is 7.87. The van der Waals surface area contributed by atoms with Gasteiger partial charge >= 0.3 is 0 Å². The van der Waals surface area contributed by atoms with Gasteiger partial charge in [-0.25, -0.2) is 8.42 Å². The largest absolute Gasteiger partial charge is 0.243 e. The first kappa shape index (κ1) is 17.1. The van der Waals surface area contributed by atoms with Crippen LogP contribution < -0.4 is 0 Å². The number of allylic oxidation sites excluding steroid dienone is 4. The smallest absolute Gasteiger partial charge is 0.207 e. The van der Waals surface area contributed by atoms with E-state index in [0.29, 0.717) is 13.1 Å². The van der Waals surface area contributed by atoms with Crippen molar-refractivity contribution in [3.63, 3.8) is 0 Å². The Bertz CT molecular complexity index is 409. The molecule has 0 aliphatic heterocycles. The van der Waals surface area contributed by atoms with Crippen LogP contribution in [-0.4, -0.2) is 25.8 Å². The molecule has 0 bridgehead atoms. The van der Waals surface area contributed by atoms with Gasteiger partial charge in [0.2, 0.25) is 10.0 Å². The first-order valence-electron chi connectivity index (χ1n) is 6.37. The molecule has 18 heavy (non-hydrogen) atoms. The number of hydrogen-bond donors (Lipinski definition) is 0. The summed E-state index contributed by atoms with van der Waals surface area (Å²) in [5.41, 5.74) is 1.06. The van der Waals surface area contributed by atoms with Crippen LogP contribution in [0, 0.1) is 0 Å². The molecule has 0 N–H and O–H groups in total. The summed E-state index contributed by atoms with van der Waals surface area (Å²) in [7, 11) is -3.40. The maximum absolute atomic E-state index is 12.4. The molecule has 0 radical (unpaired) electrons. The molecule has 4 heteroatoms. The molecule has 0 saturated carbocycles. The topological polar surface area (TPSA) is 37.4 Å². The zero-order valence-electron chi connectivity index (χ0n) is 11.9. The third-order valence-electron chi connectivity index (χ3n) is 2.37. The van der Waals surface area contributed by atoms with Gasteiger partial charge in [0, 0.05) is 13.1 Å². The van der Waals surface area contributed by atoms with Crippen molar-refractivity contribution in [2.24, 2.45) is 0 Å². The van der Waals surface area contributed by atoms with Crippen LogP contribution in [0.4, 0.5) is 0 Å². The molecule has 104 valence electrons. The third-order valence-corrected chi connectivity index (χ3v) is 4.31. The maximum Gasteiger partial charge on any atom is 0.243 e. The fourth-order valence-electron chi connectivity index (χ4n) is 1.51. The normalized spacial score (nSPS) is 12.6. The zero-order chi connectivity index (χ0) is 14.2. The minimum atomic E-state index is -3.40. The molecule has 0 aliphatic rings. The summed E-state index contributed by atoms with van der Waals surface area (Å²) in [6.07, 6.45) is 6.45. The van der Waals surface area contributed by atoms with Gasteiger partial charge < -0.3 is 0 Å². The first-order valence-corrected chi connectivity index (χ1v) is 7.81. The lowest BCUT2D eigenvalue weighted by Gasteiger charge is -2.21. The van der Waals surface area contributed by atoms with E-state index in [-0.39, 0.29) is 4.91 Å². The molecule has 0 spiro atoms. The quantitative estimate of drug-likeness (QED) is 0.634. The summed E-state index contributed by atoms with van der Waals surface area (Å²) >= 11 is 0. The van der Waals surface area contributed by atoms with Gasteiger partial charge in [-0.3, -0.25) is 0 Å². The van der Waals surface area contributed by atoms with Gasteiger partial charge in [0.15, 0.2) is 0 Å². The third kappa shape index (κ3) is 5.19. The molecule has 0 aromatic carbocycles. The van der Waals surface area contributed by atoms with Crippen LogP contribution in [0.25, 0.3) is 0 Å². The molecule has 0 saturated heterocycles. The van der Waals surface area contributed by atoms with Gasteiger partial charge in [0.1, 0.15) is 0 Å². The highest BCUT2D eigenvalue weighted by molar-refractivity contribution is 7.93. The van der Waals surface area contributed by atoms with Crippen LogP contribution in [-0.2, 0) is 10.0 Å². The molecule has 3 nitrogen and oxygen atoms in total. The Morgan fingerprint density at radius 3 is 1.94 bits per heavy atom. The van der Waals surface area contributed by atoms with Gasteiger partial charge in [-0.05, 0) is 38.8 Å². The van der Waals surface area contributed by atoms with E-state index in [2.05, 4.69) is 6.58 Å². The molecular formula is C14H25NO2S. The van der Waals surface area contributed by atoms with Crippen LogP contribution >= 0.6 is 0 Å². The number of sulfonamides is 1. The van der Waals surface area contributed by atoms with Crippen molar-refractivity contribution in [2.75, 3.05) is 13.1 Å². The van der Waals surface area contributed by atoms with Crippen LogP contribution in [0.15, 0.2) is 35.3 Å². The molecule has 0 aromatic heterocycles. The monoisotopic (exact) mass is 271 g/mol. The van der Waals surface area contributed by atoms with E-state index in [1.807, 2.05) is 27.7 Å². The zero-order valence-corrected chi connectivity index (χ0v) is 12.8. The lowest BCUT2D eigenvalue weighted by molar-refractivity contribution is 0.415. The van der Waals surface area contributed by atoms with E-state index in [4.69, 9.17) is 0 Å². The standard InChI is InChI=1S/C14H25NO2S/c1-6-11-15(12-7-2)18(16,17)14(8-3)10-9-13(4)5/h8-10H,3,6-7,11-12H2,1-2,4-5H3/b14-10+. The van der Waals surface area contributed by atoms with Crippen LogP contribution in [0.3, 0.4) is 0 Å². The molecule has 0 unspecified atom stereocenters. The number of hydrogen-bond acceptors (Lipinski definition) is 2. The van der Waals surface area contributed by atoms with Gasteiger partial charge in [-0.2, -0.15) is 4.31 Å². The molecule has 0 aliphatic carbocycles. The van der Waals surface area contributed by atoms with Crippen molar-refractivity contribution in [3.05, 3.63) is 35.3 Å². The van der Waals surface area contributed by atoms with Crippen molar-refractivity contribution in [2.45, 2.75) is 40.5 Å². The van der Waals surface area contributed by atoms with Gasteiger partial charge in [0.25, 0.3) is 0 Å². The summed E-state index contributed by atoms with van der Waals surface area (Å²) in [6.45, 7) is 12.5. The van der Waals surface area contributed by atoms with Crippen molar-refractivity contribution in [1.82, 2.24) is 4.31 Å². The van der Waals surface area contributed by atoms with E-state index in [1.54, 1.807) is 12.2 Å². The molecule has 0 amide bonds. The highest BCUT2D eigenvalue weighted by Gasteiger charge is 2.23. The van der Waals surface area contributed by atoms with Crippen molar-refractivity contribution >= 4 is 10.0 Å². The van der Waals surface area contributed by atoms with E-state index in [1.165, 1.54) is 10.4 Å². The fourth-order valence-corrected chi connectivity index (χ4v) is 3.10. The van der Waals surface area contributed by atoms with E-state index in [0.717, 1.165) is 18.4 Å². The summed E-state index contributed by atoms with van der Waals surface area (Å²) in [5.74, 6) is 0. The predicted octanol–water partition coefficient (Wildman–Crippen LogP) is 3.47. The Morgan fingerprint density at radius 1 is 1.11 bits per heavy atom. The van der Waals surface area contributed by atoms with E-state index < -0.39 is 10.0 Å². The maximum atomic E-state index is 12.4. The second-order valence-corrected chi connectivity index (χ2v) is 6.36. The number of nitrogens with zero attached hydrogens (tertiary/aromatic N) is 1. The summed E-state index contributed by atoms with van der Waals surface area (Å²) in [5, 5.41) is 0. The molecule has 0 aromatic rings. The predicted molar refractivity (Wildman–Crippen MR) is 78.8 cm³/mol. The first-order chi connectivity index (χ1) is 8.39. The SMILES string of the molecule is C=C/C(=C\C=C(C)C)S(=O)(=O)N(CCC)CCC. The summed E-state index contributed by atoms with van der Waals surface area (Å²) < 4.78 is 26.4. The Hall–Kier alpha value is -0.870. The molecule has 0 heterocycles. The molecule has 0 atom stereocenters. The van der Waals surface area contributed by atoms with Crippen LogP contribution in [0.5, 0.6) is 0 Å². The fraction of sp³-hybridized carbons (Fsp3) is 0.571. The minimum Gasteiger partial charge on any atom is -0.207 e. The van der Waals surface area contributed by atoms with Gasteiger partial charge in [-0.15, -0.1) is 0 Å². The summed E-state index contributed by atoms with van der Waals surface area (Å²) in [4.78, 5) is 0.269. The minimum absolute atomic E-state index is 0.269. The number of rotatable bonds is 8. The van der Waals surface area contributed by atoms with Gasteiger partial charge in [0.05, 0.1) is 4.91 Å². The van der Waals surface area contributed by atoms with E-state index in [9.17, 15) is 8.42 Å². The van der Waals surface area contributed by atoms with E-state index >= 15 is 0 Å². The highest BCUT2D eigenvalue weighted by Crippen LogP contribution is 2.16. The Labute approximate surface area is 112 Å². The second kappa shape index (κ2) is 8.27. The lowest BCUT2D eigenvalue weighted by Crippen LogP contribution is -2.33. The van der Waals surface area contributed by atoms with Crippen LogP contribution in [0.1, 0.15) is 40.5 Å². The lowest BCUT2D eigenvalue weighted by atomic mass is 10.3. The average Bonchev–Trinajstić information content (AvgIpc) is 2.28. The van der Waals surface area contributed by atoms with Crippen molar-refractivity contribution in [1.29, 1.82) is 0 Å². The highest BCUT2D eigenvalue weighted by atomic mass is 32.2. The molecule has 0 rings (SSSR count). The average molecular weight is 271 g/mol. The van der Waals surface area contributed by atoms with Gasteiger partial charge in [-0.1, -0.05) is 32.1 Å². The van der Waals surface area contributed by atoms with Crippen molar-refractivity contribution < 1.29 is 8.42 Å². The Balaban J connectivity index is 5.34. The molecule has 0 fully saturated rings.